The molecule has 0 spiro atoms. The third-order valence-corrected chi connectivity index (χ3v) is 3.97. The maximum absolute atomic E-state index is 5.46. The average Bonchev–Trinajstić information content (AvgIpc) is 2.87. The second-order valence-corrected chi connectivity index (χ2v) is 5.24. The van der Waals surface area contributed by atoms with Gasteiger partial charge in [-0.05, 0) is 37.3 Å². The molecule has 0 aromatic carbocycles. The van der Waals surface area contributed by atoms with E-state index in [1.807, 2.05) is 0 Å². The van der Waals surface area contributed by atoms with E-state index in [2.05, 4.69) is 27.9 Å². The Hall–Kier alpha value is -0.710. The zero-order valence-electron chi connectivity index (χ0n) is 8.48. The summed E-state index contributed by atoms with van der Waals surface area (Å²) in [6.07, 6.45) is 3.30. The lowest BCUT2D eigenvalue weighted by Gasteiger charge is -1.94. The number of aromatic nitrogens is 1. The van der Waals surface area contributed by atoms with Crippen LogP contribution in [-0.4, -0.2) is 11.5 Å². The lowest BCUT2D eigenvalue weighted by Crippen LogP contribution is -1.98. The Morgan fingerprint density at radius 3 is 2.93 bits per heavy atom. The van der Waals surface area contributed by atoms with Crippen LogP contribution in [0.4, 0.5) is 0 Å². The van der Waals surface area contributed by atoms with Crippen molar-refractivity contribution < 1.29 is 0 Å². The number of hydrogen-bond acceptors (Lipinski definition) is 4. The summed E-state index contributed by atoms with van der Waals surface area (Å²) < 4.78 is 0. The molecule has 0 aliphatic carbocycles. The van der Waals surface area contributed by atoms with Crippen molar-refractivity contribution in [3.63, 3.8) is 0 Å². The van der Waals surface area contributed by atoms with Crippen LogP contribution in [0.2, 0.25) is 0 Å². The standard InChI is InChI=1S/C11H14N2S2/c12-6-2-1-5-11-13-9(8-15-11)10-4-3-7-14-10/h3-4,7-8H,1-2,5-6,12H2. The molecule has 2 heterocycles. The molecule has 2 aromatic rings. The highest BCUT2D eigenvalue weighted by molar-refractivity contribution is 7.14. The van der Waals surface area contributed by atoms with E-state index in [4.69, 9.17) is 5.73 Å². The summed E-state index contributed by atoms with van der Waals surface area (Å²) in [5.74, 6) is 0. The first-order valence-electron chi connectivity index (χ1n) is 5.08. The number of hydrogen-bond donors (Lipinski definition) is 1. The van der Waals surface area contributed by atoms with E-state index in [9.17, 15) is 0 Å². The van der Waals surface area contributed by atoms with E-state index in [0.29, 0.717) is 0 Å². The fourth-order valence-electron chi connectivity index (χ4n) is 1.38. The van der Waals surface area contributed by atoms with E-state index in [0.717, 1.165) is 31.5 Å². The van der Waals surface area contributed by atoms with Crippen LogP contribution in [0.1, 0.15) is 17.8 Å². The van der Waals surface area contributed by atoms with Gasteiger partial charge in [-0.15, -0.1) is 22.7 Å². The smallest absolute Gasteiger partial charge is 0.0932 e. The molecular weight excluding hydrogens is 224 g/mol. The summed E-state index contributed by atoms with van der Waals surface area (Å²) in [5, 5.41) is 5.46. The molecule has 0 amide bonds. The Balaban J connectivity index is 1.98. The predicted molar refractivity (Wildman–Crippen MR) is 67.4 cm³/mol. The number of nitrogens with zero attached hydrogens (tertiary/aromatic N) is 1. The maximum Gasteiger partial charge on any atom is 0.0932 e. The molecule has 15 heavy (non-hydrogen) atoms. The second kappa shape index (κ2) is 5.39. The Kier molecular flexibility index (Phi) is 3.88. The number of unbranched alkanes of at least 4 members (excludes halogenated alkanes) is 1. The SMILES string of the molecule is NCCCCc1nc(-c2cccs2)cs1. The Morgan fingerprint density at radius 2 is 2.20 bits per heavy atom. The minimum Gasteiger partial charge on any atom is -0.330 e. The number of rotatable bonds is 5. The fourth-order valence-corrected chi connectivity index (χ4v) is 2.99. The van der Waals surface area contributed by atoms with E-state index >= 15 is 0 Å². The van der Waals surface area contributed by atoms with E-state index in [-0.39, 0.29) is 0 Å². The molecule has 0 atom stereocenters. The first kappa shape index (κ1) is 10.8. The summed E-state index contributed by atoms with van der Waals surface area (Å²) in [4.78, 5) is 5.87. The molecule has 4 heteroatoms. The molecule has 0 saturated heterocycles. The highest BCUT2D eigenvalue weighted by Gasteiger charge is 2.04. The highest BCUT2D eigenvalue weighted by atomic mass is 32.1. The van der Waals surface area contributed by atoms with Crippen molar-refractivity contribution in [1.82, 2.24) is 4.98 Å². The first-order chi connectivity index (χ1) is 7.40. The van der Waals surface area contributed by atoms with Crippen molar-refractivity contribution in [1.29, 1.82) is 0 Å². The van der Waals surface area contributed by atoms with Gasteiger partial charge in [-0.1, -0.05) is 6.07 Å². The van der Waals surface area contributed by atoms with Crippen LogP contribution in [-0.2, 0) is 6.42 Å². The van der Waals surface area contributed by atoms with Crippen LogP contribution in [0, 0.1) is 0 Å². The quantitative estimate of drug-likeness (QED) is 0.813. The van der Waals surface area contributed by atoms with E-state index < -0.39 is 0 Å². The molecule has 0 bridgehead atoms. The number of thiophene rings is 1. The zero-order chi connectivity index (χ0) is 10.5. The maximum atomic E-state index is 5.46. The monoisotopic (exact) mass is 238 g/mol. The number of nitrogens with two attached hydrogens (primary N) is 1. The van der Waals surface area contributed by atoms with Crippen molar-refractivity contribution in [3.8, 4) is 10.6 Å². The predicted octanol–water partition coefficient (Wildman–Crippen LogP) is 3.15. The largest absolute Gasteiger partial charge is 0.330 e. The molecular formula is C11H14N2S2. The number of aryl methyl sites for hydroxylation is 1. The summed E-state index contributed by atoms with van der Waals surface area (Å²) in [5.41, 5.74) is 6.58. The van der Waals surface area contributed by atoms with Crippen LogP contribution >= 0.6 is 22.7 Å². The molecule has 0 aliphatic heterocycles. The van der Waals surface area contributed by atoms with E-state index in [1.54, 1.807) is 22.7 Å². The van der Waals surface area contributed by atoms with Gasteiger partial charge in [0.15, 0.2) is 0 Å². The fraction of sp³-hybridized carbons (Fsp3) is 0.364. The first-order valence-corrected chi connectivity index (χ1v) is 6.84. The molecule has 0 unspecified atom stereocenters. The van der Waals surface area contributed by atoms with Crippen molar-refractivity contribution >= 4 is 22.7 Å². The minimum atomic E-state index is 0.781. The molecule has 0 saturated carbocycles. The third-order valence-electron chi connectivity index (χ3n) is 2.17. The van der Waals surface area contributed by atoms with Crippen LogP contribution in [0.3, 0.4) is 0 Å². The highest BCUT2D eigenvalue weighted by Crippen LogP contribution is 2.26. The van der Waals surface area contributed by atoms with Gasteiger partial charge in [0, 0.05) is 5.38 Å². The van der Waals surface area contributed by atoms with Crippen LogP contribution in [0.15, 0.2) is 22.9 Å². The van der Waals surface area contributed by atoms with Gasteiger partial charge in [0.1, 0.15) is 0 Å². The van der Waals surface area contributed by atoms with E-state index in [1.165, 1.54) is 9.88 Å². The topological polar surface area (TPSA) is 38.9 Å². The van der Waals surface area contributed by atoms with Gasteiger partial charge in [0.25, 0.3) is 0 Å². The summed E-state index contributed by atoms with van der Waals surface area (Å²) in [7, 11) is 0. The summed E-state index contributed by atoms with van der Waals surface area (Å²) >= 11 is 3.49. The lowest BCUT2D eigenvalue weighted by atomic mass is 10.2. The van der Waals surface area contributed by atoms with Gasteiger partial charge >= 0.3 is 0 Å². The third kappa shape index (κ3) is 2.87. The van der Waals surface area contributed by atoms with Crippen molar-refractivity contribution in [2.24, 2.45) is 5.73 Å². The Labute approximate surface area is 97.8 Å². The molecule has 0 radical (unpaired) electrons. The molecule has 0 aliphatic rings. The minimum absolute atomic E-state index is 0.781. The summed E-state index contributed by atoms with van der Waals surface area (Å²) in [6, 6.07) is 4.18. The van der Waals surface area contributed by atoms with Crippen molar-refractivity contribution in [3.05, 3.63) is 27.9 Å². The van der Waals surface area contributed by atoms with Crippen LogP contribution < -0.4 is 5.73 Å². The molecule has 0 fully saturated rings. The lowest BCUT2D eigenvalue weighted by molar-refractivity contribution is 0.742. The van der Waals surface area contributed by atoms with Gasteiger partial charge < -0.3 is 5.73 Å². The van der Waals surface area contributed by atoms with Gasteiger partial charge in [-0.25, -0.2) is 4.98 Å². The molecule has 2 N–H and O–H groups in total. The van der Waals surface area contributed by atoms with Gasteiger partial charge in [-0.2, -0.15) is 0 Å². The van der Waals surface area contributed by atoms with Crippen LogP contribution in [0.5, 0.6) is 0 Å². The molecule has 2 rings (SSSR count). The normalized spacial score (nSPS) is 10.7. The molecule has 2 nitrogen and oxygen atoms in total. The zero-order valence-corrected chi connectivity index (χ0v) is 10.1. The van der Waals surface area contributed by atoms with Gasteiger partial charge in [0.2, 0.25) is 0 Å². The second-order valence-electron chi connectivity index (χ2n) is 3.35. The van der Waals surface area contributed by atoms with Crippen molar-refractivity contribution in [2.45, 2.75) is 19.3 Å². The molecule has 2 aromatic heterocycles. The van der Waals surface area contributed by atoms with Crippen molar-refractivity contribution in [2.75, 3.05) is 6.54 Å². The Bertz CT molecular complexity index is 392. The molecule has 80 valence electrons. The summed E-state index contributed by atoms with van der Waals surface area (Å²) in [6.45, 7) is 0.781. The van der Waals surface area contributed by atoms with Gasteiger partial charge in [-0.3, -0.25) is 0 Å². The van der Waals surface area contributed by atoms with Gasteiger partial charge in [0.05, 0.1) is 15.6 Å². The van der Waals surface area contributed by atoms with Crippen LogP contribution in [0.25, 0.3) is 10.6 Å². The number of thiazole rings is 1. The average molecular weight is 238 g/mol. The Morgan fingerprint density at radius 1 is 1.27 bits per heavy atom.